The van der Waals surface area contributed by atoms with Crippen LogP contribution in [0.25, 0.3) is 21.8 Å². The van der Waals surface area contributed by atoms with Crippen LogP contribution in [0.2, 0.25) is 0 Å². The van der Waals surface area contributed by atoms with Crippen LogP contribution in [0.1, 0.15) is 36.5 Å². The molecule has 0 radical (unpaired) electrons. The molecule has 1 aliphatic rings. The van der Waals surface area contributed by atoms with E-state index < -0.39 is 17.2 Å². The monoisotopic (exact) mass is 369 g/mol. The van der Waals surface area contributed by atoms with Gasteiger partial charge in [0.1, 0.15) is 11.4 Å². The number of nitrogens with zero attached hydrogens (tertiary/aromatic N) is 3. The van der Waals surface area contributed by atoms with Gasteiger partial charge in [-0.2, -0.15) is 0 Å². The van der Waals surface area contributed by atoms with E-state index in [9.17, 15) is 19.1 Å². The fourth-order valence-corrected chi connectivity index (χ4v) is 3.86. The Hall–Kier alpha value is -2.96. The fraction of sp³-hybridized carbons (Fsp3) is 0.350. The number of hydrogen-bond acceptors (Lipinski definition) is 4. The summed E-state index contributed by atoms with van der Waals surface area (Å²) in [6.45, 7) is 3.90. The topological polar surface area (TPSA) is 75.4 Å². The van der Waals surface area contributed by atoms with Crippen LogP contribution in [0.3, 0.4) is 0 Å². The molecule has 0 aliphatic carbocycles. The number of anilines is 1. The zero-order chi connectivity index (χ0) is 19.1. The number of carboxylic acid groups (broad SMARTS) is 1. The third kappa shape index (κ3) is 2.83. The maximum atomic E-state index is 14.9. The molecule has 140 valence electrons. The summed E-state index contributed by atoms with van der Waals surface area (Å²) in [6, 6.07) is 2.99. The van der Waals surface area contributed by atoms with Gasteiger partial charge >= 0.3 is 5.97 Å². The Kier molecular flexibility index (Phi) is 4.30. The van der Waals surface area contributed by atoms with Crippen LogP contribution in [0, 0.1) is 5.82 Å². The standard InChI is InChI=1S/C20H20FN3O3/c1-2-23-11-13(20(26)27)19(25)18-12-8-14(21)16(24-6-4-3-5-7-24)9-15(12)22-10-17(18)23/h8-11H,2-7H2,1H3,(H,26,27). The zero-order valence-corrected chi connectivity index (χ0v) is 15.0. The summed E-state index contributed by atoms with van der Waals surface area (Å²) in [5.41, 5.74) is 0.549. The van der Waals surface area contributed by atoms with Crippen molar-refractivity contribution in [1.29, 1.82) is 0 Å². The lowest BCUT2D eigenvalue weighted by Gasteiger charge is -2.29. The molecule has 1 aromatic carbocycles. The molecule has 27 heavy (non-hydrogen) atoms. The van der Waals surface area contributed by atoms with Crippen molar-refractivity contribution < 1.29 is 14.3 Å². The molecule has 1 saturated heterocycles. The van der Waals surface area contributed by atoms with Gasteiger partial charge in [-0.3, -0.25) is 9.78 Å². The number of aryl methyl sites for hydroxylation is 1. The molecule has 0 atom stereocenters. The summed E-state index contributed by atoms with van der Waals surface area (Å²) in [6.07, 6.45) is 6.06. The van der Waals surface area contributed by atoms with Gasteiger partial charge in [-0.25, -0.2) is 9.18 Å². The molecule has 0 saturated carbocycles. The number of aromatic carboxylic acids is 1. The number of fused-ring (bicyclic) bond motifs is 3. The lowest BCUT2D eigenvalue weighted by atomic mass is 10.0. The highest BCUT2D eigenvalue weighted by Crippen LogP contribution is 2.30. The lowest BCUT2D eigenvalue weighted by Crippen LogP contribution is -2.30. The van der Waals surface area contributed by atoms with Crippen molar-refractivity contribution in [3.8, 4) is 0 Å². The Morgan fingerprint density at radius 1 is 1.26 bits per heavy atom. The largest absolute Gasteiger partial charge is 0.477 e. The van der Waals surface area contributed by atoms with Crippen LogP contribution >= 0.6 is 0 Å². The number of piperidine rings is 1. The summed E-state index contributed by atoms with van der Waals surface area (Å²) in [5, 5.41) is 9.92. The first-order valence-electron chi connectivity index (χ1n) is 9.15. The van der Waals surface area contributed by atoms with Crippen LogP contribution in [0.15, 0.2) is 29.3 Å². The van der Waals surface area contributed by atoms with Gasteiger partial charge in [0.2, 0.25) is 5.43 Å². The van der Waals surface area contributed by atoms with Gasteiger partial charge in [-0.15, -0.1) is 0 Å². The van der Waals surface area contributed by atoms with E-state index in [1.807, 2.05) is 11.8 Å². The highest BCUT2D eigenvalue weighted by Gasteiger charge is 2.20. The molecule has 6 nitrogen and oxygen atoms in total. The second-order valence-corrected chi connectivity index (χ2v) is 6.85. The first-order valence-corrected chi connectivity index (χ1v) is 9.15. The van der Waals surface area contributed by atoms with E-state index in [0.29, 0.717) is 28.7 Å². The normalized spacial score (nSPS) is 14.8. The Bertz CT molecular complexity index is 1120. The maximum absolute atomic E-state index is 14.9. The number of rotatable bonds is 3. The van der Waals surface area contributed by atoms with Crippen molar-refractivity contribution in [1.82, 2.24) is 9.55 Å². The van der Waals surface area contributed by atoms with Crippen molar-refractivity contribution in [2.45, 2.75) is 32.7 Å². The number of hydrogen-bond donors (Lipinski definition) is 1. The summed E-state index contributed by atoms with van der Waals surface area (Å²) in [4.78, 5) is 30.7. The average Bonchev–Trinajstić information content (AvgIpc) is 2.67. The summed E-state index contributed by atoms with van der Waals surface area (Å²) >= 11 is 0. The van der Waals surface area contributed by atoms with E-state index in [-0.39, 0.29) is 10.9 Å². The average molecular weight is 369 g/mol. The fourth-order valence-electron chi connectivity index (χ4n) is 3.86. The van der Waals surface area contributed by atoms with Crippen molar-refractivity contribution in [3.05, 3.63) is 46.1 Å². The van der Waals surface area contributed by atoms with Gasteiger partial charge in [-0.05, 0) is 38.3 Å². The quantitative estimate of drug-likeness (QED) is 0.716. The Labute approximate surface area is 154 Å². The Morgan fingerprint density at radius 2 is 2.00 bits per heavy atom. The van der Waals surface area contributed by atoms with Crippen molar-refractivity contribution in [2.24, 2.45) is 0 Å². The number of pyridine rings is 2. The molecular weight excluding hydrogens is 349 g/mol. The minimum atomic E-state index is -1.29. The second kappa shape index (κ2) is 6.64. The molecule has 0 unspecified atom stereocenters. The summed E-state index contributed by atoms with van der Waals surface area (Å²) < 4.78 is 16.6. The van der Waals surface area contributed by atoms with Crippen LogP contribution in [-0.4, -0.2) is 33.7 Å². The summed E-state index contributed by atoms with van der Waals surface area (Å²) in [5.74, 6) is -1.71. The number of halogens is 1. The smallest absolute Gasteiger partial charge is 0.341 e. The predicted octanol–water partition coefficient (Wildman–Crippen LogP) is 3.40. The highest BCUT2D eigenvalue weighted by atomic mass is 19.1. The molecule has 3 aromatic rings. The third-order valence-electron chi connectivity index (χ3n) is 5.25. The molecular formula is C20H20FN3O3. The van der Waals surface area contributed by atoms with Crippen molar-refractivity contribution >= 4 is 33.5 Å². The molecule has 7 heteroatoms. The minimum absolute atomic E-state index is 0.200. The number of carbonyl (C=O) groups is 1. The van der Waals surface area contributed by atoms with Crippen LogP contribution in [0.4, 0.5) is 10.1 Å². The lowest BCUT2D eigenvalue weighted by molar-refractivity contribution is 0.0695. The summed E-state index contributed by atoms with van der Waals surface area (Å²) in [7, 11) is 0. The van der Waals surface area contributed by atoms with Crippen LogP contribution in [0.5, 0.6) is 0 Å². The van der Waals surface area contributed by atoms with Gasteiger partial charge in [0.15, 0.2) is 0 Å². The molecule has 0 spiro atoms. The van der Waals surface area contributed by atoms with E-state index in [1.165, 1.54) is 12.3 Å². The third-order valence-corrected chi connectivity index (χ3v) is 5.25. The highest BCUT2D eigenvalue weighted by molar-refractivity contribution is 6.07. The van der Waals surface area contributed by atoms with E-state index in [0.717, 1.165) is 32.4 Å². The number of benzene rings is 1. The van der Waals surface area contributed by atoms with Gasteiger partial charge in [0.05, 0.1) is 28.3 Å². The van der Waals surface area contributed by atoms with E-state index >= 15 is 0 Å². The minimum Gasteiger partial charge on any atom is -0.477 e. The van der Waals surface area contributed by atoms with Gasteiger partial charge in [0.25, 0.3) is 0 Å². The van der Waals surface area contributed by atoms with Gasteiger partial charge in [-0.1, -0.05) is 0 Å². The first kappa shape index (κ1) is 17.5. The van der Waals surface area contributed by atoms with Crippen molar-refractivity contribution in [2.75, 3.05) is 18.0 Å². The number of aromatic nitrogens is 2. The van der Waals surface area contributed by atoms with Gasteiger partial charge < -0.3 is 14.6 Å². The molecule has 4 rings (SSSR count). The van der Waals surface area contributed by atoms with E-state index in [1.54, 1.807) is 16.8 Å². The van der Waals surface area contributed by atoms with Crippen LogP contribution in [-0.2, 0) is 6.54 Å². The molecule has 0 amide bonds. The Balaban J connectivity index is 2.03. The van der Waals surface area contributed by atoms with Crippen LogP contribution < -0.4 is 10.3 Å². The van der Waals surface area contributed by atoms with E-state index in [4.69, 9.17) is 0 Å². The van der Waals surface area contributed by atoms with Crippen molar-refractivity contribution in [3.63, 3.8) is 0 Å². The van der Waals surface area contributed by atoms with Gasteiger partial charge in [0, 0.05) is 31.2 Å². The van der Waals surface area contributed by atoms with E-state index in [2.05, 4.69) is 4.98 Å². The zero-order valence-electron chi connectivity index (χ0n) is 15.0. The first-order chi connectivity index (χ1) is 13.0. The SMILES string of the molecule is CCn1cc(C(=O)O)c(=O)c2c3cc(F)c(N4CCCCC4)cc3ncc21. The Morgan fingerprint density at radius 3 is 2.67 bits per heavy atom. The second-order valence-electron chi connectivity index (χ2n) is 6.85. The molecule has 3 heterocycles. The molecule has 1 aliphatic heterocycles. The molecule has 1 fully saturated rings. The molecule has 0 bridgehead atoms. The maximum Gasteiger partial charge on any atom is 0.341 e. The number of carboxylic acids is 1. The molecule has 2 aromatic heterocycles. The molecule has 1 N–H and O–H groups in total. The predicted molar refractivity (Wildman–Crippen MR) is 102 cm³/mol.